The molecule has 0 aliphatic heterocycles. The molecule has 4 aromatic rings. The first-order valence-corrected chi connectivity index (χ1v) is 12.3. The Morgan fingerprint density at radius 1 is 0.909 bits per heavy atom. The van der Waals surface area contributed by atoms with Crippen LogP contribution in [-0.2, 0) is 14.8 Å². The van der Waals surface area contributed by atoms with E-state index in [0.717, 1.165) is 20.6 Å². The van der Waals surface area contributed by atoms with Crippen molar-refractivity contribution in [1.29, 1.82) is 0 Å². The van der Waals surface area contributed by atoms with Gasteiger partial charge in [0.05, 0.1) is 16.8 Å². The second kappa shape index (κ2) is 9.97. The molecule has 4 rings (SSSR count). The minimum Gasteiger partial charge on any atom is -0.271 e. The Kier molecular flexibility index (Phi) is 6.86. The number of hydrazone groups is 1. The normalized spacial score (nSPS) is 11.5. The van der Waals surface area contributed by atoms with Gasteiger partial charge in [0.2, 0.25) is 0 Å². The molecule has 6 nitrogen and oxygen atoms in total. The van der Waals surface area contributed by atoms with Crippen molar-refractivity contribution in [3.63, 3.8) is 0 Å². The Hall–Kier alpha value is -3.49. The first kappa shape index (κ1) is 22.7. The van der Waals surface area contributed by atoms with Crippen LogP contribution in [0.15, 0.2) is 112 Å². The number of halogens is 1. The zero-order chi connectivity index (χ0) is 23.3. The number of rotatable bonds is 7. The summed E-state index contributed by atoms with van der Waals surface area (Å²) in [4.78, 5) is 12.8. The maximum atomic E-state index is 13.3. The van der Waals surface area contributed by atoms with Gasteiger partial charge in [0.15, 0.2) is 0 Å². The van der Waals surface area contributed by atoms with Crippen molar-refractivity contribution in [3.8, 4) is 0 Å². The lowest BCUT2D eigenvalue weighted by molar-refractivity contribution is -0.119. The molecule has 0 unspecified atom stereocenters. The largest absolute Gasteiger partial charge is 0.271 e. The molecule has 0 bridgehead atoms. The molecule has 0 fully saturated rings. The van der Waals surface area contributed by atoms with E-state index in [1.165, 1.54) is 12.1 Å². The van der Waals surface area contributed by atoms with Crippen molar-refractivity contribution >= 4 is 54.5 Å². The summed E-state index contributed by atoms with van der Waals surface area (Å²) < 4.78 is 28.4. The highest BCUT2D eigenvalue weighted by Crippen LogP contribution is 2.26. The van der Waals surface area contributed by atoms with Crippen LogP contribution in [0, 0.1) is 0 Å². The van der Waals surface area contributed by atoms with Gasteiger partial charge in [-0.25, -0.2) is 13.8 Å². The zero-order valence-electron chi connectivity index (χ0n) is 17.4. The Balaban J connectivity index is 1.57. The molecule has 1 N–H and O–H groups in total. The van der Waals surface area contributed by atoms with Crippen LogP contribution in [0.2, 0.25) is 0 Å². The molecule has 0 saturated carbocycles. The number of anilines is 1. The lowest BCUT2D eigenvalue weighted by Gasteiger charge is -2.23. The van der Waals surface area contributed by atoms with Crippen LogP contribution >= 0.6 is 15.9 Å². The Labute approximate surface area is 200 Å². The Morgan fingerprint density at radius 2 is 1.61 bits per heavy atom. The molecule has 8 heteroatoms. The number of carbonyl (C=O) groups excluding carboxylic acids is 1. The lowest BCUT2D eigenvalue weighted by Crippen LogP contribution is -2.39. The number of carbonyl (C=O) groups is 1. The molecule has 0 saturated heterocycles. The van der Waals surface area contributed by atoms with Crippen molar-refractivity contribution < 1.29 is 13.2 Å². The number of nitrogens with zero attached hydrogens (tertiary/aromatic N) is 2. The fourth-order valence-corrected chi connectivity index (χ4v) is 5.19. The maximum absolute atomic E-state index is 13.3. The molecule has 4 aromatic carbocycles. The molecule has 0 aliphatic rings. The third kappa shape index (κ3) is 5.30. The predicted molar refractivity (Wildman–Crippen MR) is 135 cm³/mol. The SMILES string of the molecule is O=C(CN(c1cccc(Br)c1)S(=O)(=O)c1ccccc1)N/N=C/c1cccc2ccccc12. The number of benzene rings is 4. The first-order chi connectivity index (χ1) is 15.9. The fraction of sp³-hybridized carbons (Fsp3) is 0.0400. The molecule has 0 atom stereocenters. The Morgan fingerprint density at radius 3 is 2.39 bits per heavy atom. The van der Waals surface area contributed by atoms with Gasteiger partial charge in [-0.1, -0.05) is 82.7 Å². The van der Waals surface area contributed by atoms with Gasteiger partial charge in [0, 0.05) is 10.0 Å². The van der Waals surface area contributed by atoms with E-state index in [9.17, 15) is 13.2 Å². The summed E-state index contributed by atoms with van der Waals surface area (Å²) in [5.41, 5.74) is 3.65. The fourth-order valence-electron chi connectivity index (χ4n) is 3.37. The number of hydrogen-bond acceptors (Lipinski definition) is 4. The van der Waals surface area contributed by atoms with Gasteiger partial charge in [-0.3, -0.25) is 9.10 Å². The molecule has 0 heterocycles. The summed E-state index contributed by atoms with van der Waals surface area (Å²) in [5, 5.41) is 6.11. The summed E-state index contributed by atoms with van der Waals surface area (Å²) in [6, 6.07) is 28.4. The van der Waals surface area contributed by atoms with E-state index >= 15 is 0 Å². The van der Waals surface area contributed by atoms with Gasteiger partial charge in [-0.2, -0.15) is 5.10 Å². The van der Waals surface area contributed by atoms with Crippen LogP contribution in [0.4, 0.5) is 5.69 Å². The highest BCUT2D eigenvalue weighted by Gasteiger charge is 2.27. The molecule has 0 radical (unpaired) electrons. The summed E-state index contributed by atoms with van der Waals surface area (Å²) in [5.74, 6) is -0.564. The topological polar surface area (TPSA) is 78.8 Å². The van der Waals surface area contributed by atoms with E-state index < -0.39 is 22.5 Å². The monoisotopic (exact) mass is 521 g/mol. The van der Waals surface area contributed by atoms with Crippen molar-refractivity contribution in [2.75, 3.05) is 10.8 Å². The molecule has 166 valence electrons. The summed E-state index contributed by atoms with van der Waals surface area (Å²) in [7, 11) is -3.97. The van der Waals surface area contributed by atoms with Gasteiger partial charge >= 0.3 is 0 Å². The minimum absolute atomic E-state index is 0.0945. The number of hydrogen-bond donors (Lipinski definition) is 1. The van der Waals surface area contributed by atoms with E-state index in [1.807, 2.05) is 42.5 Å². The average Bonchev–Trinajstić information content (AvgIpc) is 2.83. The molecule has 0 spiro atoms. The summed E-state index contributed by atoms with van der Waals surface area (Å²) in [6.07, 6.45) is 1.55. The van der Waals surface area contributed by atoms with Crippen molar-refractivity contribution in [1.82, 2.24) is 5.43 Å². The second-order valence-corrected chi connectivity index (χ2v) is 9.94. The van der Waals surface area contributed by atoms with Crippen LogP contribution in [0.3, 0.4) is 0 Å². The van der Waals surface area contributed by atoms with Crippen LogP contribution in [0.1, 0.15) is 5.56 Å². The van der Waals surface area contributed by atoms with Crippen molar-refractivity contribution in [2.24, 2.45) is 5.10 Å². The Bertz CT molecular complexity index is 1420. The van der Waals surface area contributed by atoms with Gasteiger partial charge in [0.25, 0.3) is 15.9 Å². The van der Waals surface area contributed by atoms with Crippen LogP contribution in [0.5, 0.6) is 0 Å². The van der Waals surface area contributed by atoms with E-state index in [-0.39, 0.29) is 4.90 Å². The molecular weight excluding hydrogens is 502 g/mol. The summed E-state index contributed by atoms with van der Waals surface area (Å²) >= 11 is 3.36. The van der Waals surface area contributed by atoms with Crippen LogP contribution < -0.4 is 9.73 Å². The quantitative estimate of drug-likeness (QED) is 0.276. The number of sulfonamides is 1. The second-order valence-electron chi connectivity index (χ2n) is 7.17. The predicted octanol–water partition coefficient (Wildman–Crippen LogP) is 4.95. The van der Waals surface area contributed by atoms with E-state index in [2.05, 4.69) is 26.5 Å². The molecule has 1 amide bonds. The summed E-state index contributed by atoms with van der Waals surface area (Å²) in [6.45, 7) is -0.430. The van der Waals surface area contributed by atoms with Gasteiger partial charge in [-0.15, -0.1) is 0 Å². The molecule has 0 aliphatic carbocycles. The minimum atomic E-state index is -3.97. The average molecular weight is 522 g/mol. The number of amides is 1. The van der Waals surface area contributed by atoms with E-state index in [0.29, 0.717) is 10.2 Å². The first-order valence-electron chi connectivity index (χ1n) is 10.1. The number of fused-ring (bicyclic) bond motifs is 1. The van der Waals surface area contributed by atoms with Crippen LogP contribution in [0.25, 0.3) is 10.8 Å². The third-order valence-corrected chi connectivity index (χ3v) is 7.21. The standard InChI is InChI=1S/C25H20BrN3O3S/c26-21-11-7-12-22(16-21)29(33(31,32)23-13-2-1-3-14-23)18-25(30)28-27-17-20-10-6-9-19-8-4-5-15-24(19)20/h1-17H,18H2,(H,28,30)/b27-17+. The number of nitrogens with one attached hydrogen (secondary N) is 1. The highest BCUT2D eigenvalue weighted by atomic mass is 79.9. The van der Waals surface area contributed by atoms with Crippen LogP contribution in [-0.4, -0.2) is 27.1 Å². The molecule has 33 heavy (non-hydrogen) atoms. The lowest BCUT2D eigenvalue weighted by atomic mass is 10.1. The molecule has 0 aromatic heterocycles. The zero-order valence-corrected chi connectivity index (χ0v) is 19.8. The molecular formula is C25H20BrN3O3S. The third-order valence-electron chi connectivity index (χ3n) is 4.93. The highest BCUT2D eigenvalue weighted by molar-refractivity contribution is 9.10. The van der Waals surface area contributed by atoms with Crippen molar-refractivity contribution in [3.05, 3.63) is 107 Å². The van der Waals surface area contributed by atoms with E-state index in [1.54, 1.807) is 48.7 Å². The maximum Gasteiger partial charge on any atom is 0.264 e. The van der Waals surface area contributed by atoms with Gasteiger partial charge < -0.3 is 0 Å². The smallest absolute Gasteiger partial charge is 0.264 e. The van der Waals surface area contributed by atoms with Crippen molar-refractivity contribution in [2.45, 2.75) is 4.90 Å². The van der Waals surface area contributed by atoms with Gasteiger partial charge in [0.1, 0.15) is 6.54 Å². The van der Waals surface area contributed by atoms with E-state index in [4.69, 9.17) is 0 Å². The van der Waals surface area contributed by atoms with Gasteiger partial charge in [-0.05, 0) is 41.1 Å².